The Morgan fingerprint density at radius 3 is 2.50 bits per heavy atom. The van der Waals surface area contributed by atoms with Crippen LogP contribution in [0.25, 0.3) is 10.9 Å². The fraction of sp³-hybridized carbons (Fsp3) is 0.529. The van der Waals surface area contributed by atoms with Crippen molar-refractivity contribution in [3.63, 3.8) is 0 Å². The molecule has 0 radical (unpaired) electrons. The number of aryl methyl sites for hydroxylation is 1. The smallest absolute Gasteiger partial charge is 0.111 e. The first-order valence-electron chi connectivity index (χ1n) is 8.05. The van der Waals surface area contributed by atoms with Crippen molar-refractivity contribution in [2.45, 2.75) is 50.8 Å². The van der Waals surface area contributed by atoms with Gasteiger partial charge < -0.3 is 29.6 Å². The summed E-state index contributed by atoms with van der Waals surface area (Å²) < 4.78 is 9.95. The van der Waals surface area contributed by atoms with Gasteiger partial charge in [-0.3, -0.25) is 0 Å². The summed E-state index contributed by atoms with van der Waals surface area (Å²) in [5.74, 6) is 0. The molecule has 0 aliphatic carbocycles. The van der Waals surface area contributed by atoms with Gasteiger partial charge in [0.1, 0.15) is 24.4 Å². The number of rotatable bonds is 3. The number of para-hydroxylation sites is 1. The van der Waals surface area contributed by atoms with Gasteiger partial charge in [-0.25, -0.2) is 0 Å². The quantitative estimate of drug-likeness (QED) is 0.624. The summed E-state index contributed by atoms with van der Waals surface area (Å²) in [6, 6.07) is 10.6. The Hall–Kier alpha value is -1.01. The highest BCUT2D eigenvalue weighted by molar-refractivity contribution is 7.09. The zero-order valence-electron chi connectivity index (χ0n) is 13.9. The molecule has 7 heteroatoms. The molecule has 0 spiro atoms. The van der Waals surface area contributed by atoms with Gasteiger partial charge in [0, 0.05) is 20.7 Å². The van der Waals surface area contributed by atoms with Gasteiger partial charge in [-0.15, -0.1) is 0 Å². The van der Waals surface area contributed by atoms with Gasteiger partial charge in [-0.1, -0.05) is 25.1 Å². The lowest BCUT2D eigenvalue weighted by Gasteiger charge is -2.38. The summed E-state index contributed by atoms with van der Waals surface area (Å²) in [7, 11) is 2.04. The number of aromatic amines is 1. The second kappa shape index (κ2) is 8.90. The second-order valence-electron chi connectivity index (χ2n) is 5.92. The molecule has 1 saturated heterocycles. The Labute approximate surface area is 144 Å². The van der Waals surface area contributed by atoms with Crippen LogP contribution in [-0.2, 0) is 15.7 Å². The molecule has 4 N–H and O–H groups in total. The molecule has 0 bridgehead atoms. The number of aliphatic hydroxyl groups is 3. The molecular weight excluding hydrogens is 329 g/mol. The number of hydrogen-bond donors (Lipinski definition) is 4. The molecule has 0 amide bonds. The predicted molar refractivity (Wildman–Crippen MR) is 95.7 cm³/mol. The monoisotopic (exact) mass is 355 g/mol. The number of hydrogen-bond acceptors (Lipinski definition) is 5. The summed E-state index contributed by atoms with van der Waals surface area (Å²) in [6.45, 7) is 3.96. The average molecular weight is 355 g/mol. The van der Waals surface area contributed by atoms with E-state index in [4.69, 9.17) is 9.26 Å². The lowest BCUT2D eigenvalue weighted by molar-refractivity contribution is -0.221. The molecule has 2 heterocycles. The van der Waals surface area contributed by atoms with Crippen LogP contribution in [-0.4, -0.2) is 57.4 Å². The normalized spacial score (nSPS) is 30.0. The number of aliphatic hydroxyl groups excluding tert-OH is 3. The summed E-state index contributed by atoms with van der Waals surface area (Å²) in [6.07, 6.45) is -3.33. The third-order valence-corrected chi connectivity index (χ3v) is 4.37. The standard InChI is InChI=1S/C10H11N.C7H15O5P/c1-2-9-7-8-5-3-4-6-10(8)11-9;1-3-5(8)7(10)6(9)4(12-3)2-11-13/h3-7,11H,2H2,1H3;3-10H,2,13H2,1H3/t;3-,4+,5-,6+,7+/m.0/s1. The Morgan fingerprint density at radius 2 is 1.88 bits per heavy atom. The van der Waals surface area contributed by atoms with Crippen LogP contribution >= 0.6 is 9.47 Å². The van der Waals surface area contributed by atoms with Crippen LogP contribution < -0.4 is 0 Å². The van der Waals surface area contributed by atoms with E-state index in [1.54, 1.807) is 6.92 Å². The molecule has 0 saturated carbocycles. The van der Waals surface area contributed by atoms with Crippen molar-refractivity contribution in [3.8, 4) is 0 Å². The van der Waals surface area contributed by atoms with Crippen molar-refractivity contribution in [3.05, 3.63) is 36.0 Å². The van der Waals surface area contributed by atoms with Gasteiger partial charge in [0.25, 0.3) is 0 Å². The van der Waals surface area contributed by atoms with Gasteiger partial charge >= 0.3 is 0 Å². The van der Waals surface area contributed by atoms with Crippen LogP contribution in [0.4, 0.5) is 0 Å². The zero-order valence-corrected chi connectivity index (χ0v) is 15.1. The molecule has 6 atom stereocenters. The van der Waals surface area contributed by atoms with Gasteiger partial charge in [0.15, 0.2) is 0 Å². The maximum Gasteiger partial charge on any atom is 0.111 e. The van der Waals surface area contributed by atoms with Crippen molar-refractivity contribution in [2.24, 2.45) is 0 Å². The summed E-state index contributed by atoms with van der Waals surface area (Å²) >= 11 is 0. The lowest BCUT2D eigenvalue weighted by Crippen LogP contribution is -2.57. The number of benzene rings is 1. The van der Waals surface area contributed by atoms with Crippen molar-refractivity contribution in [1.82, 2.24) is 4.98 Å². The van der Waals surface area contributed by atoms with Crippen molar-refractivity contribution in [1.29, 1.82) is 0 Å². The topological polar surface area (TPSA) is 94.9 Å². The molecule has 1 aliphatic heterocycles. The molecule has 1 aromatic carbocycles. The average Bonchev–Trinajstić information content (AvgIpc) is 3.02. The fourth-order valence-electron chi connectivity index (χ4n) is 2.69. The van der Waals surface area contributed by atoms with E-state index in [0.29, 0.717) is 0 Å². The molecule has 1 aromatic heterocycles. The van der Waals surface area contributed by atoms with E-state index in [9.17, 15) is 15.3 Å². The molecule has 1 fully saturated rings. The fourth-order valence-corrected chi connectivity index (χ4v) is 2.88. The zero-order chi connectivity index (χ0) is 17.7. The number of fused-ring (bicyclic) bond motifs is 1. The van der Waals surface area contributed by atoms with Crippen LogP contribution in [0.1, 0.15) is 19.5 Å². The highest BCUT2D eigenvalue weighted by Crippen LogP contribution is 2.21. The summed E-state index contributed by atoms with van der Waals surface area (Å²) in [5, 5.41) is 29.4. The predicted octanol–water partition coefficient (Wildman–Crippen LogP) is 1.39. The lowest BCUT2D eigenvalue weighted by atomic mass is 9.96. The Bertz CT molecular complexity index is 601. The molecule has 3 rings (SSSR count). The molecular formula is C17H26NO5P. The first kappa shape index (κ1) is 19.3. The first-order valence-corrected chi connectivity index (χ1v) is 8.53. The molecule has 1 aliphatic rings. The van der Waals surface area contributed by atoms with E-state index in [-0.39, 0.29) is 6.61 Å². The molecule has 134 valence electrons. The highest BCUT2D eigenvalue weighted by Gasteiger charge is 2.41. The van der Waals surface area contributed by atoms with Crippen LogP contribution in [0.15, 0.2) is 30.3 Å². The largest absolute Gasteiger partial charge is 0.388 e. The minimum absolute atomic E-state index is 0.167. The minimum atomic E-state index is -1.17. The van der Waals surface area contributed by atoms with Crippen molar-refractivity contribution >= 4 is 20.4 Å². The maximum absolute atomic E-state index is 9.43. The van der Waals surface area contributed by atoms with Crippen LogP contribution in [0.5, 0.6) is 0 Å². The third-order valence-electron chi connectivity index (χ3n) is 4.18. The third kappa shape index (κ3) is 4.54. The van der Waals surface area contributed by atoms with Crippen LogP contribution in [0.2, 0.25) is 0 Å². The summed E-state index contributed by atoms with van der Waals surface area (Å²) in [4.78, 5) is 3.35. The molecule has 6 nitrogen and oxygen atoms in total. The highest BCUT2D eigenvalue weighted by atomic mass is 31.0. The van der Waals surface area contributed by atoms with Crippen LogP contribution in [0.3, 0.4) is 0 Å². The van der Waals surface area contributed by atoms with Gasteiger partial charge in [0.05, 0.1) is 12.7 Å². The number of ether oxygens (including phenoxy) is 1. The minimum Gasteiger partial charge on any atom is -0.388 e. The van der Waals surface area contributed by atoms with Gasteiger partial charge in [-0.05, 0) is 30.9 Å². The maximum atomic E-state index is 9.43. The Morgan fingerprint density at radius 1 is 1.17 bits per heavy atom. The molecule has 24 heavy (non-hydrogen) atoms. The van der Waals surface area contributed by atoms with Crippen molar-refractivity contribution < 1.29 is 24.6 Å². The number of nitrogens with one attached hydrogen (secondary N) is 1. The van der Waals surface area contributed by atoms with E-state index < -0.39 is 30.5 Å². The van der Waals surface area contributed by atoms with Gasteiger partial charge in [-0.2, -0.15) is 0 Å². The molecule has 1 unspecified atom stereocenters. The first-order chi connectivity index (χ1) is 11.5. The number of aromatic nitrogens is 1. The van der Waals surface area contributed by atoms with E-state index in [2.05, 4.69) is 42.2 Å². The van der Waals surface area contributed by atoms with E-state index in [1.165, 1.54) is 16.6 Å². The van der Waals surface area contributed by atoms with E-state index >= 15 is 0 Å². The van der Waals surface area contributed by atoms with E-state index in [1.807, 2.05) is 9.47 Å². The van der Waals surface area contributed by atoms with Crippen molar-refractivity contribution in [2.75, 3.05) is 6.61 Å². The Balaban J connectivity index is 0.000000175. The van der Waals surface area contributed by atoms with Crippen LogP contribution in [0, 0.1) is 0 Å². The van der Waals surface area contributed by atoms with Gasteiger partial charge in [0.2, 0.25) is 0 Å². The number of H-pyrrole nitrogens is 1. The van der Waals surface area contributed by atoms with E-state index in [0.717, 1.165) is 6.42 Å². The summed E-state index contributed by atoms with van der Waals surface area (Å²) in [5.41, 5.74) is 2.55. The Kier molecular flexibility index (Phi) is 7.16. The SMILES string of the molecule is CCc1cc2ccccc2[nH]1.C[C@@H]1O[C@H](COP)[C@@H](O)[C@H](O)[C@H]1O. The second-order valence-corrected chi connectivity index (χ2v) is 6.25. The molecule has 2 aromatic rings.